The van der Waals surface area contributed by atoms with E-state index in [1.54, 1.807) is 11.8 Å². The number of esters is 1. The van der Waals surface area contributed by atoms with Gasteiger partial charge in [-0.05, 0) is 10.8 Å². The molecule has 0 aliphatic carbocycles. The SMILES string of the molecule is COC(=O)CC1CSC=C1C(C)(C)C. The molecule has 2 nitrogen and oxygen atoms in total. The fourth-order valence-corrected chi connectivity index (χ4v) is 3.03. The van der Waals surface area contributed by atoms with Crippen LogP contribution < -0.4 is 0 Å². The van der Waals surface area contributed by atoms with Gasteiger partial charge in [-0.25, -0.2) is 0 Å². The number of hydrogen-bond acceptors (Lipinski definition) is 3. The Labute approximate surface area is 90.1 Å². The zero-order valence-electron chi connectivity index (χ0n) is 9.29. The number of allylic oxidation sites excluding steroid dienone is 1. The van der Waals surface area contributed by atoms with Crippen LogP contribution in [-0.2, 0) is 9.53 Å². The molecule has 1 heterocycles. The van der Waals surface area contributed by atoms with Crippen molar-refractivity contribution in [3.8, 4) is 0 Å². The molecule has 0 fully saturated rings. The number of methoxy groups -OCH3 is 1. The van der Waals surface area contributed by atoms with E-state index in [9.17, 15) is 4.79 Å². The Balaban J connectivity index is 2.64. The Bertz CT molecular complexity index is 251. The van der Waals surface area contributed by atoms with Gasteiger partial charge >= 0.3 is 5.97 Å². The summed E-state index contributed by atoms with van der Waals surface area (Å²) in [6.45, 7) is 6.57. The van der Waals surface area contributed by atoms with Crippen molar-refractivity contribution in [1.82, 2.24) is 0 Å². The van der Waals surface area contributed by atoms with Gasteiger partial charge in [0.2, 0.25) is 0 Å². The summed E-state index contributed by atoms with van der Waals surface area (Å²) in [7, 11) is 1.45. The number of thioether (sulfide) groups is 1. The number of carbonyl (C=O) groups excluding carboxylic acids is 1. The van der Waals surface area contributed by atoms with Gasteiger partial charge in [-0.2, -0.15) is 0 Å². The second kappa shape index (κ2) is 4.39. The average Bonchev–Trinajstić information content (AvgIpc) is 2.51. The maximum atomic E-state index is 11.2. The first-order chi connectivity index (χ1) is 6.45. The van der Waals surface area contributed by atoms with Crippen LogP contribution in [0, 0.1) is 11.3 Å². The van der Waals surface area contributed by atoms with E-state index in [4.69, 9.17) is 4.74 Å². The number of rotatable bonds is 2. The first kappa shape index (κ1) is 11.6. The third-order valence-corrected chi connectivity index (χ3v) is 3.47. The highest BCUT2D eigenvalue weighted by Crippen LogP contribution is 2.41. The predicted molar refractivity (Wildman–Crippen MR) is 60.1 cm³/mol. The molecule has 0 spiro atoms. The molecule has 0 aromatic carbocycles. The minimum atomic E-state index is -0.104. The minimum Gasteiger partial charge on any atom is -0.469 e. The molecule has 1 aliphatic heterocycles. The summed E-state index contributed by atoms with van der Waals surface area (Å²) < 4.78 is 4.70. The highest BCUT2D eigenvalue weighted by Gasteiger charge is 2.30. The molecule has 0 N–H and O–H groups in total. The number of carbonyl (C=O) groups is 1. The zero-order valence-corrected chi connectivity index (χ0v) is 10.1. The molecule has 0 bridgehead atoms. The lowest BCUT2D eigenvalue weighted by molar-refractivity contribution is -0.141. The van der Waals surface area contributed by atoms with Gasteiger partial charge in [-0.1, -0.05) is 26.3 Å². The first-order valence-corrected chi connectivity index (χ1v) is 5.89. The van der Waals surface area contributed by atoms with Crippen LogP contribution in [0.4, 0.5) is 0 Å². The Morgan fingerprint density at radius 3 is 2.79 bits per heavy atom. The second-order valence-corrected chi connectivity index (χ2v) is 5.54. The number of hydrogen-bond donors (Lipinski definition) is 0. The summed E-state index contributed by atoms with van der Waals surface area (Å²) in [5.41, 5.74) is 1.55. The third-order valence-electron chi connectivity index (χ3n) is 2.45. The van der Waals surface area contributed by atoms with Crippen molar-refractivity contribution in [1.29, 1.82) is 0 Å². The summed E-state index contributed by atoms with van der Waals surface area (Å²) in [4.78, 5) is 11.2. The van der Waals surface area contributed by atoms with Crippen LogP contribution in [0.2, 0.25) is 0 Å². The van der Waals surface area contributed by atoms with Gasteiger partial charge in [-0.3, -0.25) is 4.79 Å². The van der Waals surface area contributed by atoms with E-state index in [-0.39, 0.29) is 11.4 Å². The quantitative estimate of drug-likeness (QED) is 0.661. The summed E-state index contributed by atoms with van der Waals surface area (Å²) >= 11 is 1.80. The molecule has 0 aromatic heterocycles. The summed E-state index contributed by atoms with van der Waals surface area (Å²) in [6.07, 6.45) is 0.520. The lowest BCUT2D eigenvalue weighted by Gasteiger charge is -2.25. The maximum absolute atomic E-state index is 11.2. The molecule has 0 saturated heterocycles. The predicted octanol–water partition coefficient (Wildman–Crippen LogP) is 2.84. The van der Waals surface area contributed by atoms with E-state index in [0.717, 1.165) is 5.75 Å². The fraction of sp³-hybridized carbons (Fsp3) is 0.727. The van der Waals surface area contributed by atoms with Crippen LogP contribution in [0.3, 0.4) is 0 Å². The van der Waals surface area contributed by atoms with E-state index in [2.05, 4.69) is 26.2 Å². The number of ether oxygens (including phenoxy) is 1. The van der Waals surface area contributed by atoms with E-state index >= 15 is 0 Å². The molecule has 1 rings (SSSR count). The molecule has 3 heteroatoms. The molecule has 1 atom stereocenters. The van der Waals surface area contributed by atoms with E-state index in [1.165, 1.54) is 12.7 Å². The lowest BCUT2D eigenvalue weighted by atomic mass is 9.79. The van der Waals surface area contributed by atoms with E-state index in [1.807, 2.05) is 0 Å². The largest absolute Gasteiger partial charge is 0.469 e. The monoisotopic (exact) mass is 214 g/mol. The van der Waals surface area contributed by atoms with Crippen LogP contribution in [0.5, 0.6) is 0 Å². The van der Waals surface area contributed by atoms with Crippen LogP contribution in [0.1, 0.15) is 27.2 Å². The summed E-state index contributed by atoms with van der Waals surface area (Å²) in [5, 5.41) is 2.20. The molecule has 1 aliphatic rings. The van der Waals surface area contributed by atoms with E-state index < -0.39 is 0 Å². The molecule has 14 heavy (non-hydrogen) atoms. The van der Waals surface area contributed by atoms with Crippen LogP contribution >= 0.6 is 11.8 Å². The Kier molecular flexibility index (Phi) is 3.65. The van der Waals surface area contributed by atoms with Crippen molar-refractivity contribution in [2.24, 2.45) is 11.3 Å². The second-order valence-electron chi connectivity index (χ2n) is 4.63. The van der Waals surface area contributed by atoms with Crippen LogP contribution in [0.15, 0.2) is 11.0 Å². The highest BCUT2D eigenvalue weighted by molar-refractivity contribution is 8.02. The zero-order chi connectivity index (χ0) is 10.8. The fourth-order valence-electron chi connectivity index (χ4n) is 1.68. The first-order valence-electron chi connectivity index (χ1n) is 4.84. The van der Waals surface area contributed by atoms with Gasteiger partial charge in [0, 0.05) is 11.7 Å². The van der Waals surface area contributed by atoms with Crippen molar-refractivity contribution in [2.75, 3.05) is 12.9 Å². The van der Waals surface area contributed by atoms with Gasteiger partial charge in [-0.15, -0.1) is 11.8 Å². The smallest absolute Gasteiger partial charge is 0.306 e. The lowest BCUT2D eigenvalue weighted by Crippen LogP contribution is -2.20. The van der Waals surface area contributed by atoms with Gasteiger partial charge in [0.25, 0.3) is 0 Å². The molecular formula is C11H18O2S. The van der Waals surface area contributed by atoms with Gasteiger partial charge < -0.3 is 4.74 Å². The third kappa shape index (κ3) is 2.77. The van der Waals surface area contributed by atoms with Crippen molar-refractivity contribution < 1.29 is 9.53 Å². The average molecular weight is 214 g/mol. The molecule has 0 radical (unpaired) electrons. The van der Waals surface area contributed by atoms with Gasteiger partial charge in [0.1, 0.15) is 0 Å². The van der Waals surface area contributed by atoms with Gasteiger partial charge in [0.05, 0.1) is 13.5 Å². The van der Waals surface area contributed by atoms with Crippen molar-refractivity contribution in [3.63, 3.8) is 0 Å². The highest BCUT2D eigenvalue weighted by atomic mass is 32.2. The standard InChI is InChI=1S/C11H18O2S/c1-11(2,3)9-7-14-6-8(9)5-10(12)13-4/h7-8H,5-6H2,1-4H3. The van der Waals surface area contributed by atoms with Crippen LogP contribution in [-0.4, -0.2) is 18.8 Å². The molecule has 80 valence electrons. The Morgan fingerprint density at radius 1 is 1.64 bits per heavy atom. The van der Waals surface area contributed by atoms with E-state index in [0.29, 0.717) is 12.3 Å². The molecular weight excluding hydrogens is 196 g/mol. The summed E-state index contributed by atoms with van der Waals surface area (Å²) in [5.74, 6) is 1.28. The van der Waals surface area contributed by atoms with Crippen molar-refractivity contribution in [3.05, 3.63) is 11.0 Å². The minimum absolute atomic E-state index is 0.104. The maximum Gasteiger partial charge on any atom is 0.306 e. The topological polar surface area (TPSA) is 26.3 Å². The van der Waals surface area contributed by atoms with Gasteiger partial charge in [0.15, 0.2) is 0 Å². The van der Waals surface area contributed by atoms with Crippen molar-refractivity contribution >= 4 is 17.7 Å². The molecule has 0 aromatic rings. The van der Waals surface area contributed by atoms with Crippen molar-refractivity contribution in [2.45, 2.75) is 27.2 Å². The van der Waals surface area contributed by atoms with Crippen LogP contribution in [0.25, 0.3) is 0 Å². The Hall–Kier alpha value is -0.440. The Morgan fingerprint density at radius 2 is 2.29 bits per heavy atom. The molecule has 0 amide bonds. The normalized spacial score (nSPS) is 22.0. The molecule has 1 unspecified atom stereocenters. The summed E-state index contributed by atoms with van der Waals surface area (Å²) in [6, 6.07) is 0. The molecule has 0 saturated carbocycles.